The molecule has 6 saturated heterocycles. The summed E-state index contributed by atoms with van der Waals surface area (Å²) in [5.74, 6) is -1.80. The summed E-state index contributed by atoms with van der Waals surface area (Å²) in [7, 11) is -8.44. The molecule has 0 amide bonds. The van der Waals surface area contributed by atoms with Gasteiger partial charge >= 0.3 is 41.4 Å². The minimum atomic E-state index is -4.20. The molecule has 0 bridgehead atoms. The topological polar surface area (TPSA) is 607 Å². The summed E-state index contributed by atoms with van der Waals surface area (Å²) in [6, 6.07) is -2.36. The second-order valence-corrected chi connectivity index (χ2v) is 41.3. The van der Waals surface area contributed by atoms with E-state index < -0.39 is 148 Å². The number of thioether (sulfide) groups is 3. The normalized spacial score (nSPS) is 28.5. The van der Waals surface area contributed by atoms with E-state index in [9.17, 15) is 42.5 Å². The smallest absolute Gasteiger partial charge is 0.475 e. The molecule has 6 fully saturated rings. The highest BCUT2D eigenvalue weighted by Gasteiger charge is 2.65. The van der Waals surface area contributed by atoms with Crippen LogP contribution in [0.3, 0.4) is 0 Å². The largest absolute Gasteiger partial charge is 0.479 e. The fraction of sp³-hybridized carbons (Fsp3) is 0.708. The van der Waals surface area contributed by atoms with Crippen molar-refractivity contribution < 1.29 is 139 Å². The van der Waals surface area contributed by atoms with Gasteiger partial charge in [0.05, 0.1) is 96.2 Å². The van der Waals surface area contributed by atoms with Crippen LogP contribution in [0.1, 0.15) is 123 Å². The van der Waals surface area contributed by atoms with Gasteiger partial charge in [0.15, 0.2) is 84.5 Å². The lowest BCUT2D eigenvalue weighted by atomic mass is 9.97. The fourth-order valence-corrected chi connectivity index (χ4v) is 20.0. The second kappa shape index (κ2) is 40.3. The lowest BCUT2D eigenvalue weighted by molar-refractivity contribution is -0.151. The third-order valence-corrected chi connectivity index (χ3v) is 28.5. The lowest BCUT2D eigenvalue weighted by Crippen LogP contribution is -2.44. The lowest BCUT2D eigenvalue weighted by Gasteiger charge is -2.33. The summed E-state index contributed by atoms with van der Waals surface area (Å²) < 4.78 is 190. The van der Waals surface area contributed by atoms with E-state index in [2.05, 4.69) is 44.9 Å². The van der Waals surface area contributed by atoms with Gasteiger partial charge < -0.3 is 77.0 Å². The molecule has 18 atom stereocenters. The van der Waals surface area contributed by atoms with Crippen LogP contribution in [-0.2, 0) is 112 Å². The standard InChI is InChI=1S/3C24H36FN6O9PS/c3*1-12(2)14(26)19(32)36-10-23(3,4)21(33)42-8-7-37-41(34)38-9-13-16(40-41)24(5,25)20(39-13)31-11-28-15-17(31)29-22(27)30-18(15)35-6/h3*11-14,16,20H,7-10,26H2,1-6H3,(H2,27,29,30)/t13-,14+,16-,20-,24-,41?;13-,14+,16-,20-,24-,41+;13-,14+,16-,20-,24-,41-/m111/s1. The van der Waals surface area contributed by atoms with Crippen molar-refractivity contribution in [2.75, 3.05) is 115 Å². The van der Waals surface area contributed by atoms with E-state index in [0.29, 0.717) is 0 Å². The number of fused-ring (bicyclic) bond motifs is 6. The van der Waals surface area contributed by atoms with Crippen LogP contribution < -0.4 is 48.6 Å². The maximum atomic E-state index is 16.2. The van der Waals surface area contributed by atoms with Crippen molar-refractivity contribution in [2.45, 2.75) is 194 Å². The Morgan fingerprint density at radius 2 is 0.690 bits per heavy atom. The number of aromatic nitrogens is 12. The maximum absolute atomic E-state index is 16.2. The first-order valence-corrected chi connectivity index (χ1v) is 46.8. The van der Waals surface area contributed by atoms with Crippen molar-refractivity contribution in [1.82, 2.24) is 58.6 Å². The van der Waals surface area contributed by atoms with E-state index in [1.807, 2.05) is 0 Å². The number of carbonyl (C=O) groups is 6. The minimum absolute atomic E-state index is 0.0858. The SMILES string of the molecule is COc1nc(N)nc2c1ncn2[C@@H]1O[C@@H]2COP(=O)(OCCSC(=O)C(C)(C)COC(=O)[C@@H](N)C(C)C)O[C@H]2[C@@]1(C)F.COc1nc(N)nc2c1ncn2[C@@H]1O[C@@H]2CO[P@@](=O)(OCCSC(=O)C(C)(C)COC(=O)[C@@H](N)C(C)C)O[C@H]2[C@@]1(C)F.COc1nc(N)nc2c1ncn2[C@@H]1O[C@@H]2CO[P@](=O)(OCCSC(=O)C(C)(C)COC(=O)[C@@H](N)C(C)C)O[C@H]2[C@@]1(C)F. The predicted molar refractivity (Wildman–Crippen MR) is 447 cm³/mol. The zero-order valence-corrected chi connectivity index (χ0v) is 77.6. The summed E-state index contributed by atoms with van der Waals surface area (Å²) in [5, 5.41) is -0.839. The molecule has 12 heterocycles. The van der Waals surface area contributed by atoms with Gasteiger partial charge in [-0.1, -0.05) is 76.8 Å². The minimum Gasteiger partial charge on any atom is -0.479 e. The van der Waals surface area contributed by atoms with E-state index >= 15 is 13.2 Å². The first kappa shape index (κ1) is 101. The number of carbonyl (C=O) groups excluding carboxylic acids is 6. The number of hydrogen-bond acceptors (Lipinski definition) is 45. The second-order valence-electron chi connectivity index (χ2n) is 33.3. The Balaban J connectivity index is 0.000000197. The number of esters is 3. The summed E-state index contributed by atoms with van der Waals surface area (Å²) in [5.41, 5.74) is 26.3. The predicted octanol–water partition coefficient (Wildman–Crippen LogP) is 7.19. The molecule has 45 nitrogen and oxygen atoms in total. The molecule has 6 aromatic heterocycles. The quantitative estimate of drug-likeness (QED) is 0.0103. The average Bonchev–Trinajstić information content (AvgIpc) is 1.58. The summed E-state index contributed by atoms with van der Waals surface area (Å²) in [6.07, 6.45) is -6.63. The van der Waals surface area contributed by atoms with Crippen LogP contribution in [-0.4, -0.2) is 262 Å². The van der Waals surface area contributed by atoms with Crippen molar-refractivity contribution in [1.29, 1.82) is 0 Å². The number of nitrogens with two attached hydrogens (primary N) is 6. The van der Waals surface area contributed by atoms with E-state index in [4.69, 9.17) is 118 Å². The number of nitrogens with zero attached hydrogens (tertiary/aromatic N) is 12. The number of methoxy groups -OCH3 is 3. The highest BCUT2D eigenvalue weighted by atomic mass is 32.2. The fourth-order valence-electron chi connectivity index (χ4n) is 12.9. The molecule has 6 aliphatic rings. The number of hydrogen-bond donors (Lipinski definition) is 6. The molecule has 126 heavy (non-hydrogen) atoms. The molecular formula is C72H108F3N18O27P3S3. The van der Waals surface area contributed by atoms with Gasteiger partial charge in [0.1, 0.15) is 74.6 Å². The molecule has 6 aliphatic heterocycles. The molecule has 12 N–H and O–H groups in total. The number of phosphoric acid groups is 3. The number of rotatable bonds is 33. The van der Waals surface area contributed by atoms with Crippen LogP contribution in [0.25, 0.3) is 33.5 Å². The Bertz CT molecular complexity index is 4610. The molecule has 6 aromatic rings. The average molecular weight is 1900 g/mol. The van der Waals surface area contributed by atoms with Crippen LogP contribution in [0, 0.1) is 34.0 Å². The molecule has 0 aromatic carbocycles. The van der Waals surface area contributed by atoms with Crippen LogP contribution in [0.4, 0.5) is 31.0 Å². The van der Waals surface area contributed by atoms with Gasteiger partial charge in [0.2, 0.25) is 35.5 Å². The first-order chi connectivity index (χ1) is 58.8. The van der Waals surface area contributed by atoms with Crippen molar-refractivity contribution >= 4 is 143 Å². The van der Waals surface area contributed by atoms with Gasteiger partial charge in [-0.3, -0.25) is 83.2 Å². The molecule has 54 heteroatoms. The molecule has 0 radical (unpaired) electrons. The van der Waals surface area contributed by atoms with Gasteiger partial charge in [0.25, 0.3) is 0 Å². The van der Waals surface area contributed by atoms with Crippen LogP contribution in [0.2, 0.25) is 0 Å². The van der Waals surface area contributed by atoms with E-state index in [-0.39, 0.29) is 179 Å². The van der Waals surface area contributed by atoms with Gasteiger partial charge in [-0.05, 0) is 80.1 Å². The number of imidazole rings is 3. The van der Waals surface area contributed by atoms with Crippen LogP contribution in [0.15, 0.2) is 19.0 Å². The van der Waals surface area contributed by atoms with Crippen molar-refractivity contribution in [3.05, 3.63) is 19.0 Å². The molecule has 702 valence electrons. The Kier molecular flexibility index (Phi) is 32.2. The molecule has 0 saturated carbocycles. The number of anilines is 3. The summed E-state index contributed by atoms with van der Waals surface area (Å²) in [6.45, 7) is 22.4. The highest BCUT2D eigenvalue weighted by Crippen LogP contribution is 2.63. The molecule has 0 spiro atoms. The van der Waals surface area contributed by atoms with E-state index in [0.717, 1.165) is 35.3 Å². The molecule has 12 rings (SSSR count). The van der Waals surface area contributed by atoms with Gasteiger partial charge in [0, 0.05) is 17.3 Å². The number of halogens is 3. The van der Waals surface area contributed by atoms with Crippen molar-refractivity contribution in [3.8, 4) is 17.6 Å². The van der Waals surface area contributed by atoms with E-state index in [1.165, 1.54) is 74.8 Å². The number of ether oxygens (including phenoxy) is 9. The number of phosphoric ester groups is 3. The molecule has 0 aliphatic carbocycles. The van der Waals surface area contributed by atoms with Gasteiger partial charge in [-0.15, -0.1) is 0 Å². The maximum Gasteiger partial charge on any atom is 0.475 e. The number of nitrogen functional groups attached to an aromatic ring is 3. The third kappa shape index (κ3) is 22.7. The Morgan fingerprint density at radius 3 is 0.913 bits per heavy atom. The molecule has 1 unspecified atom stereocenters. The van der Waals surface area contributed by atoms with Crippen molar-refractivity contribution in [3.63, 3.8) is 0 Å². The van der Waals surface area contributed by atoms with Crippen molar-refractivity contribution in [2.24, 2.45) is 51.2 Å². The first-order valence-electron chi connectivity index (χ1n) is 39.4. The zero-order chi connectivity index (χ0) is 93.1. The highest BCUT2D eigenvalue weighted by molar-refractivity contribution is 8.14. The number of alkyl halides is 3. The van der Waals surface area contributed by atoms with Gasteiger partial charge in [-0.25, -0.2) is 41.8 Å². The van der Waals surface area contributed by atoms with Crippen LogP contribution >= 0.6 is 58.8 Å². The summed E-state index contributed by atoms with van der Waals surface area (Å²) >= 11 is 2.70. The Morgan fingerprint density at radius 1 is 0.452 bits per heavy atom. The van der Waals surface area contributed by atoms with E-state index in [1.54, 1.807) is 83.1 Å². The zero-order valence-electron chi connectivity index (χ0n) is 72.4. The monoisotopic (exact) mass is 1900 g/mol. The molecular weight excluding hydrogens is 1800 g/mol. The van der Waals surface area contributed by atoms with Crippen LogP contribution in [0.5, 0.6) is 17.6 Å². The third-order valence-electron chi connectivity index (χ3n) is 20.6. The Labute approximate surface area is 734 Å². The Hall–Kier alpha value is -7.20. The van der Waals surface area contributed by atoms with Gasteiger partial charge in [-0.2, -0.15) is 29.9 Å². The summed E-state index contributed by atoms with van der Waals surface area (Å²) in [4.78, 5) is 111.